The van der Waals surface area contributed by atoms with Gasteiger partial charge in [-0.15, -0.1) is 5.10 Å². The number of benzene rings is 1. The van der Waals surface area contributed by atoms with Crippen LogP contribution in [0.15, 0.2) is 29.4 Å². The first-order valence-corrected chi connectivity index (χ1v) is 6.72. The van der Waals surface area contributed by atoms with Crippen LogP contribution >= 0.6 is 11.8 Å². The third-order valence-electron chi connectivity index (χ3n) is 2.61. The quantitative estimate of drug-likeness (QED) is 0.686. The summed E-state index contributed by atoms with van der Waals surface area (Å²) in [5, 5.41) is 7.17. The molecule has 0 unspecified atom stereocenters. The van der Waals surface area contributed by atoms with E-state index in [1.54, 1.807) is 6.92 Å². The van der Waals surface area contributed by atoms with Crippen molar-refractivity contribution in [1.29, 1.82) is 0 Å². The SMILES string of the molecule is COC(=O)[C@@H](C)Sc1n[nH]c(-c2ccc(C)cc2)n1. The second-order valence-electron chi connectivity index (χ2n) is 4.12. The minimum Gasteiger partial charge on any atom is -0.468 e. The van der Waals surface area contributed by atoms with Gasteiger partial charge in [0.05, 0.1) is 7.11 Å². The Kier molecular flexibility index (Phi) is 4.21. The fraction of sp³-hybridized carbons (Fsp3) is 0.308. The van der Waals surface area contributed by atoms with Crippen LogP contribution in [0.3, 0.4) is 0 Å². The lowest BCUT2D eigenvalue weighted by Crippen LogP contribution is -2.14. The number of methoxy groups -OCH3 is 1. The van der Waals surface area contributed by atoms with Crippen molar-refractivity contribution < 1.29 is 9.53 Å². The number of hydrogen-bond acceptors (Lipinski definition) is 5. The average Bonchev–Trinajstić information content (AvgIpc) is 2.87. The van der Waals surface area contributed by atoms with E-state index in [1.165, 1.54) is 24.4 Å². The number of hydrogen-bond donors (Lipinski definition) is 1. The molecule has 0 saturated heterocycles. The summed E-state index contributed by atoms with van der Waals surface area (Å²) < 4.78 is 4.66. The monoisotopic (exact) mass is 277 g/mol. The van der Waals surface area contributed by atoms with Crippen molar-refractivity contribution >= 4 is 17.7 Å². The maximum atomic E-state index is 11.3. The topological polar surface area (TPSA) is 67.9 Å². The molecular formula is C13H15N3O2S. The number of aryl methyl sites for hydroxylation is 1. The van der Waals surface area contributed by atoms with Gasteiger partial charge in [0.15, 0.2) is 5.82 Å². The van der Waals surface area contributed by atoms with E-state index in [0.717, 1.165) is 5.56 Å². The molecule has 100 valence electrons. The van der Waals surface area contributed by atoms with Crippen LogP contribution < -0.4 is 0 Å². The number of esters is 1. The molecule has 0 spiro atoms. The van der Waals surface area contributed by atoms with Gasteiger partial charge in [-0.25, -0.2) is 4.98 Å². The molecule has 2 aromatic rings. The molecule has 1 aromatic heterocycles. The van der Waals surface area contributed by atoms with E-state index in [2.05, 4.69) is 19.9 Å². The smallest absolute Gasteiger partial charge is 0.318 e. The second-order valence-corrected chi connectivity index (χ2v) is 5.42. The summed E-state index contributed by atoms with van der Waals surface area (Å²) in [5.41, 5.74) is 2.16. The zero-order valence-corrected chi connectivity index (χ0v) is 11.8. The van der Waals surface area contributed by atoms with Crippen molar-refractivity contribution in [2.75, 3.05) is 7.11 Å². The molecule has 19 heavy (non-hydrogen) atoms. The first-order chi connectivity index (χ1) is 9.10. The van der Waals surface area contributed by atoms with Gasteiger partial charge in [-0.1, -0.05) is 41.6 Å². The zero-order valence-electron chi connectivity index (χ0n) is 11.0. The summed E-state index contributed by atoms with van der Waals surface area (Å²) in [6, 6.07) is 7.99. The van der Waals surface area contributed by atoms with Gasteiger partial charge in [0, 0.05) is 5.56 Å². The minimum absolute atomic E-state index is 0.285. The van der Waals surface area contributed by atoms with E-state index in [9.17, 15) is 4.79 Å². The highest BCUT2D eigenvalue weighted by Crippen LogP contribution is 2.23. The van der Waals surface area contributed by atoms with E-state index >= 15 is 0 Å². The highest BCUT2D eigenvalue weighted by molar-refractivity contribution is 8.00. The van der Waals surface area contributed by atoms with Gasteiger partial charge in [0.2, 0.25) is 5.16 Å². The second kappa shape index (κ2) is 5.88. The third kappa shape index (κ3) is 3.35. The van der Waals surface area contributed by atoms with Crippen molar-refractivity contribution in [3.8, 4) is 11.4 Å². The maximum Gasteiger partial charge on any atom is 0.318 e. The highest BCUT2D eigenvalue weighted by atomic mass is 32.2. The normalized spacial score (nSPS) is 12.2. The van der Waals surface area contributed by atoms with Crippen LogP contribution in [-0.2, 0) is 9.53 Å². The average molecular weight is 277 g/mol. The Labute approximate surface area is 115 Å². The number of nitrogens with one attached hydrogen (secondary N) is 1. The summed E-state index contributed by atoms with van der Waals surface area (Å²) in [4.78, 5) is 15.7. The Bertz CT molecular complexity index is 566. The molecule has 0 fully saturated rings. The van der Waals surface area contributed by atoms with E-state index in [1.807, 2.05) is 31.2 Å². The molecule has 0 aliphatic rings. The largest absolute Gasteiger partial charge is 0.468 e. The molecule has 6 heteroatoms. The van der Waals surface area contributed by atoms with Crippen molar-refractivity contribution in [1.82, 2.24) is 15.2 Å². The number of H-pyrrole nitrogens is 1. The van der Waals surface area contributed by atoms with E-state index in [0.29, 0.717) is 11.0 Å². The predicted octanol–water partition coefficient (Wildman–Crippen LogP) is 2.43. The van der Waals surface area contributed by atoms with Crippen molar-refractivity contribution in [3.63, 3.8) is 0 Å². The lowest BCUT2D eigenvalue weighted by molar-refractivity contribution is -0.139. The van der Waals surface area contributed by atoms with Gasteiger partial charge in [0.25, 0.3) is 0 Å². The van der Waals surface area contributed by atoms with Crippen LogP contribution in [0.1, 0.15) is 12.5 Å². The molecule has 0 bridgehead atoms. The molecule has 1 aromatic carbocycles. The molecule has 1 atom stereocenters. The van der Waals surface area contributed by atoms with Gasteiger partial charge in [-0.3, -0.25) is 9.89 Å². The first-order valence-electron chi connectivity index (χ1n) is 5.84. The van der Waals surface area contributed by atoms with Crippen LogP contribution in [0, 0.1) is 6.92 Å². The van der Waals surface area contributed by atoms with E-state index in [4.69, 9.17) is 0 Å². The third-order valence-corrected chi connectivity index (χ3v) is 3.54. The van der Waals surface area contributed by atoms with Crippen LogP contribution in [0.2, 0.25) is 0 Å². The molecule has 5 nitrogen and oxygen atoms in total. The van der Waals surface area contributed by atoms with E-state index < -0.39 is 0 Å². The molecular weight excluding hydrogens is 262 g/mol. The number of aromatic nitrogens is 3. The predicted molar refractivity (Wildman–Crippen MR) is 73.9 cm³/mol. The Balaban J connectivity index is 2.11. The number of rotatable bonds is 4. The Hall–Kier alpha value is -1.82. The lowest BCUT2D eigenvalue weighted by atomic mass is 10.1. The summed E-state index contributed by atoms with van der Waals surface area (Å²) >= 11 is 1.27. The summed E-state index contributed by atoms with van der Waals surface area (Å²) in [5.74, 6) is 0.409. The molecule has 1 heterocycles. The lowest BCUT2D eigenvalue weighted by Gasteiger charge is -2.04. The van der Waals surface area contributed by atoms with Gasteiger partial charge in [0.1, 0.15) is 5.25 Å². The standard InChI is InChI=1S/C13H15N3O2S/c1-8-4-6-10(7-5-8)11-14-13(16-15-11)19-9(2)12(17)18-3/h4-7,9H,1-3H3,(H,14,15,16)/t9-/m1/s1. The Morgan fingerprint density at radius 2 is 2.05 bits per heavy atom. The van der Waals surface area contributed by atoms with Crippen molar-refractivity contribution in [2.24, 2.45) is 0 Å². The molecule has 0 aliphatic heterocycles. The number of thioether (sulfide) groups is 1. The van der Waals surface area contributed by atoms with Crippen molar-refractivity contribution in [2.45, 2.75) is 24.3 Å². The maximum absolute atomic E-state index is 11.3. The fourth-order valence-electron chi connectivity index (χ4n) is 1.51. The molecule has 0 aliphatic carbocycles. The van der Waals surface area contributed by atoms with Crippen LogP contribution in [-0.4, -0.2) is 33.5 Å². The number of nitrogens with zero attached hydrogens (tertiary/aromatic N) is 2. The number of carbonyl (C=O) groups is 1. The molecule has 1 N–H and O–H groups in total. The molecule has 0 saturated carbocycles. The van der Waals surface area contributed by atoms with Crippen LogP contribution in [0.25, 0.3) is 11.4 Å². The van der Waals surface area contributed by atoms with Crippen LogP contribution in [0.4, 0.5) is 0 Å². The fourth-order valence-corrected chi connectivity index (χ4v) is 2.26. The van der Waals surface area contributed by atoms with Gasteiger partial charge < -0.3 is 4.74 Å². The summed E-state index contributed by atoms with van der Waals surface area (Å²) in [7, 11) is 1.37. The van der Waals surface area contributed by atoms with E-state index in [-0.39, 0.29) is 11.2 Å². The number of ether oxygens (including phenoxy) is 1. The summed E-state index contributed by atoms with van der Waals surface area (Å²) in [6.07, 6.45) is 0. The zero-order chi connectivity index (χ0) is 13.8. The van der Waals surface area contributed by atoms with Crippen molar-refractivity contribution in [3.05, 3.63) is 29.8 Å². The molecule has 0 amide bonds. The molecule has 2 rings (SSSR count). The number of carbonyl (C=O) groups excluding carboxylic acids is 1. The molecule has 0 radical (unpaired) electrons. The number of aromatic amines is 1. The van der Waals surface area contributed by atoms with Gasteiger partial charge in [-0.2, -0.15) is 0 Å². The van der Waals surface area contributed by atoms with Gasteiger partial charge >= 0.3 is 5.97 Å². The first kappa shape index (κ1) is 13.6. The Morgan fingerprint density at radius 1 is 1.37 bits per heavy atom. The minimum atomic E-state index is -0.327. The highest BCUT2D eigenvalue weighted by Gasteiger charge is 2.17. The Morgan fingerprint density at radius 3 is 2.68 bits per heavy atom. The van der Waals surface area contributed by atoms with Crippen LogP contribution in [0.5, 0.6) is 0 Å². The summed E-state index contributed by atoms with van der Waals surface area (Å²) in [6.45, 7) is 3.79. The van der Waals surface area contributed by atoms with Gasteiger partial charge in [-0.05, 0) is 13.8 Å².